The number of rotatable bonds is 1. The Morgan fingerprint density at radius 2 is 2.09 bits per heavy atom. The van der Waals surface area contributed by atoms with E-state index in [2.05, 4.69) is 38.0 Å². The zero-order valence-corrected chi connectivity index (χ0v) is 15.2. The molecule has 4 rings (SSSR count). The third-order valence-corrected chi connectivity index (χ3v) is 5.35. The molecule has 0 amide bonds. The van der Waals surface area contributed by atoms with Crippen molar-refractivity contribution in [3.05, 3.63) is 40.1 Å². The lowest BCUT2D eigenvalue weighted by molar-refractivity contribution is -0.156. The highest BCUT2D eigenvalue weighted by Crippen LogP contribution is 2.37. The zero-order chi connectivity index (χ0) is 16.4. The van der Waals surface area contributed by atoms with Gasteiger partial charge in [0.05, 0.1) is 32.8 Å². The van der Waals surface area contributed by atoms with Gasteiger partial charge in [-0.2, -0.15) is 0 Å². The van der Waals surface area contributed by atoms with Crippen LogP contribution in [-0.2, 0) is 9.53 Å². The molecule has 3 nitrogen and oxygen atoms in total. The molecule has 1 aromatic heterocycles. The molecule has 0 radical (unpaired) electrons. The Bertz CT molecular complexity index is 880. The quantitative estimate of drug-likeness (QED) is 0.708. The molecule has 0 saturated carbocycles. The number of carbonyl (C=O) groups is 1. The lowest BCUT2D eigenvalue weighted by Crippen LogP contribution is -2.30. The molecule has 0 spiro atoms. The first kappa shape index (κ1) is 15.0. The van der Waals surface area contributed by atoms with E-state index in [1.165, 1.54) is 16.5 Å². The summed E-state index contributed by atoms with van der Waals surface area (Å²) in [5.41, 5.74) is 3.34. The van der Waals surface area contributed by atoms with E-state index in [1.807, 2.05) is 32.9 Å². The first-order valence-corrected chi connectivity index (χ1v) is 8.82. The summed E-state index contributed by atoms with van der Waals surface area (Å²) in [6.07, 6.45) is 13.0. The van der Waals surface area contributed by atoms with Gasteiger partial charge in [0.2, 0.25) is 0 Å². The van der Waals surface area contributed by atoms with Crippen LogP contribution in [0.2, 0.25) is 0 Å². The normalized spacial score (nSPS) is 24.3. The lowest BCUT2D eigenvalue weighted by Gasteiger charge is -2.25. The number of ether oxygens (including phenoxy) is 1. The van der Waals surface area contributed by atoms with Crippen molar-refractivity contribution in [3.63, 3.8) is 0 Å². The number of carbonyl (C=O) groups excluding carboxylic acids is 1. The number of aromatic nitrogens is 1. The molecule has 0 bridgehead atoms. The van der Waals surface area contributed by atoms with Crippen LogP contribution in [0, 0.1) is 5.92 Å². The number of halogens is 1. The maximum Gasteiger partial charge on any atom is 0.317 e. The Morgan fingerprint density at radius 3 is 2.83 bits per heavy atom. The average Bonchev–Trinajstić information content (AvgIpc) is 2.78. The van der Waals surface area contributed by atoms with Crippen LogP contribution in [0.4, 0.5) is 0 Å². The summed E-state index contributed by atoms with van der Waals surface area (Å²) in [7, 11) is 0. The Labute approximate surface area is 144 Å². The second kappa shape index (κ2) is 4.97. The van der Waals surface area contributed by atoms with Crippen molar-refractivity contribution in [1.29, 1.82) is 0 Å². The smallest absolute Gasteiger partial charge is 0.317 e. The van der Waals surface area contributed by atoms with Crippen molar-refractivity contribution < 1.29 is 9.53 Å². The fraction of sp³-hybridized carbons (Fsp3) is 0.421. The van der Waals surface area contributed by atoms with Gasteiger partial charge in [-0.1, -0.05) is 24.3 Å². The van der Waals surface area contributed by atoms with Crippen molar-refractivity contribution in [2.24, 2.45) is 5.92 Å². The Balaban J connectivity index is 1.88. The second-order valence-corrected chi connectivity index (χ2v) is 8.14. The number of hydrogen-bond donors (Lipinski definition) is 0. The molecule has 1 aromatic rings. The molecule has 23 heavy (non-hydrogen) atoms. The molecule has 0 fully saturated rings. The van der Waals surface area contributed by atoms with Crippen LogP contribution in [0.3, 0.4) is 0 Å². The molecule has 0 N–H and O–H groups in total. The molecule has 4 heteroatoms. The second-order valence-electron chi connectivity index (χ2n) is 7.44. The first-order chi connectivity index (χ1) is 10.8. The van der Waals surface area contributed by atoms with Crippen molar-refractivity contribution in [2.45, 2.75) is 45.1 Å². The molecular weight excluding hydrogens is 354 g/mol. The third kappa shape index (κ3) is 2.35. The van der Waals surface area contributed by atoms with Crippen LogP contribution in [-0.4, -0.2) is 15.2 Å². The fourth-order valence-corrected chi connectivity index (χ4v) is 4.34. The van der Waals surface area contributed by atoms with Gasteiger partial charge in [0.15, 0.2) is 0 Å². The molecule has 0 aromatic carbocycles. The molecule has 1 heterocycles. The zero-order valence-electron chi connectivity index (χ0n) is 13.6. The fourth-order valence-electron chi connectivity index (χ4n) is 3.71. The number of hydrogen-bond acceptors (Lipinski definition) is 2. The highest BCUT2D eigenvalue weighted by atomic mass is 79.9. The lowest BCUT2D eigenvalue weighted by atomic mass is 9.80. The van der Waals surface area contributed by atoms with E-state index < -0.39 is 5.60 Å². The standard InChI is InChI=1S/C19H20BrNO2/c1-19(2,3)23-18(22)13-9-12-8-7-11-5-4-6-14-16(11)17(12)15(10-13)21(14)20/h6-11,13H,4-5H2,1-3H3. The predicted molar refractivity (Wildman–Crippen MR) is 95.4 cm³/mol. The molecule has 3 aliphatic carbocycles. The molecule has 3 aliphatic rings. The summed E-state index contributed by atoms with van der Waals surface area (Å²) < 4.78 is 7.63. The van der Waals surface area contributed by atoms with Crippen molar-refractivity contribution in [2.75, 3.05) is 0 Å². The molecular formula is C19H20BrNO2. The van der Waals surface area contributed by atoms with E-state index in [-0.39, 0.29) is 11.9 Å². The highest BCUT2D eigenvalue weighted by Gasteiger charge is 2.32. The number of esters is 1. The van der Waals surface area contributed by atoms with Crippen molar-refractivity contribution >= 4 is 39.8 Å². The van der Waals surface area contributed by atoms with Gasteiger partial charge in [0.25, 0.3) is 0 Å². The maximum absolute atomic E-state index is 12.5. The summed E-state index contributed by atoms with van der Waals surface area (Å²) in [5.74, 6) is -0.0430. The topological polar surface area (TPSA) is 31.2 Å². The van der Waals surface area contributed by atoms with Crippen molar-refractivity contribution in [1.82, 2.24) is 3.59 Å². The van der Waals surface area contributed by atoms with Crippen LogP contribution in [0.15, 0.2) is 18.2 Å². The Morgan fingerprint density at radius 1 is 1.30 bits per heavy atom. The minimum atomic E-state index is -0.472. The Kier molecular flexibility index (Phi) is 3.24. The third-order valence-electron chi connectivity index (χ3n) is 4.58. The van der Waals surface area contributed by atoms with Gasteiger partial charge < -0.3 is 4.74 Å². The molecule has 120 valence electrons. The first-order valence-electron chi connectivity index (χ1n) is 8.11. The van der Waals surface area contributed by atoms with Gasteiger partial charge in [-0.05, 0) is 50.8 Å². The van der Waals surface area contributed by atoms with Gasteiger partial charge in [-0.25, -0.2) is 0 Å². The predicted octanol–water partition coefficient (Wildman–Crippen LogP) is 3.01. The van der Waals surface area contributed by atoms with Crippen LogP contribution in [0.5, 0.6) is 0 Å². The van der Waals surface area contributed by atoms with E-state index in [4.69, 9.17) is 4.74 Å². The summed E-state index contributed by atoms with van der Waals surface area (Å²) in [6.45, 7) is 5.70. The Hall–Kier alpha value is -1.55. The van der Waals surface area contributed by atoms with E-state index in [1.54, 1.807) is 0 Å². The van der Waals surface area contributed by atoms with Gasteiger partial charge >= 0.3 is 5.97 Å². The summed E-state index contributed by atoms with van der Waals surface area (Å²) in [6, 6.07) is 0. The minimum absolute atomic E-state index is 0.193. The minimum Gasteiger partial charge on any atom is -0.459 e. The maximum atomic E-state index is 12.5. The monoisotopic (exact) mass is 373 g/mol. The SMILES string of the molecule is CC(C)(C)OC(=O)C1C=C2C=CC3CCC=c4c3c2c(n4Br)=C1. The van der Waals surface area contributed by atoms with Crippen LogP contribution < -0.4 is 10.7 Å². The summed E-state index contributed by atoms with van der Waals surface area (Å²) in [4.78, 5) is 12.5. The van der Waals surface area contributed by atoms with Gasteiger partial charge in [-0.3, -0.25) is 8.39 Å². The number of allylic oxidation sites excluding steroid dienone is 3. The van der Waals surface area contributed by atoms with E-state index in [9.17, 15) is 4.79 Å². The van der Waals surface area contributed by atoms with Crippen LogP contribution in [0.1, 0.15) is 50.7 Å². The number of nitrogens with zero attached hydrogens (tertiary/aromatic N) is 1. The van der Waals surface area contributed by atoms with Gasteiger partial charge in [0.1, 0.15) is 5.60 Å². The summed E-state index contributed by atoms with van der Waals surface area (Å²) in [5, 5.41) is 2.32. The largest absolute Gasteiger partial charge is 0.459 e. The highest BCUT2D eigenvalue weighted by molar-refractivity contribution is 9.08. The van der Waals surface area contributed by atoms with Crippen LogP contribution >= 0.6 is 16.1 Å². The van der Waals surface area contributed by atoms with Crippen molar-refractivity contribution in [3.8, 4) is 0 Å². The van der Waals surface area contributed by atoms with E-state index in [0.717, 1.165) is 23.8 Å². The van der Waals surface area contributed by atoms with E-state index in [0.29, 0.717) is 5.92 Å². The molecule has 0 saturated heterocycles. The molecule has 2 unspecified atom stereocenters. The van der Waals surface area contributed by atoms with Crippen LogP contribution in [0.25, 0.3) is 17.7 Å². The molecule has 2 atom stereocenters. The van der Waals surface area contributed by atoms with Gasteiger partial charge in [0, 0.05) is 11.5 Å². The average molecular weight is 374 g/mol. The van der Waals surface area contributed by atoms with Gasteiger partial charge in [-0.15, -0.1) is 0 Å². The molecule has 0 aliphatic heterocycles. The van der Waals surface area contributed by atoms with E-state index >= 15 is 0 Å². The summed E-state index contributed by atoms with van der Waals surface area (Å²) >= 11 is 3.69.